The minimum absolute atomic E-state index is 0.0353. The van der Waals surface area contributed by atoms with Crippen LogP contribution >= 0.6 is 11.8 Å². The number of hydrazone groups is 1. The van der Waals surface area contributed by atoms with Crippen LogP contribution in [0.15, 0.2) is 58.8 Å². The fourth-order valence-corrected chi connectivity index (χ4v) is 3.42. The number of thioether (sulfide) groups is 1. The summed E-state index contributed by atoms with van der Waals surface area (Å²) in [5.74, 6) is 0.910. The van der Waals surface area contributed by atoms with Crippen LogP contribution in [0.2, 0.25) is 0 Å². The third kappa shape index (κ3) is 4.94. The molecule has 8 nitrogen and oxygen atoms in total. The van der Waals surface area contributed by atoms with Gasteiger partial charge in [-0.05, 0) is 19.1 Å². The Morgan fingerprint density at radius 1 is 1.24 bits per heavy atom. The van der Waals surface area contributed by atoms with Crippen molar-refractivity contribution < 1.29 is 14.6 Å². The summed E-state index contributed by atoms with van der Waals surface area (Å²) in [5, 5.41) is 23.0. The number of benzene rings is 2. The predicted octanol–water partition coefficient (Wildman–Crippen LogP) is 2.92. The molecular weight excluding hydrogens is 390 g/mol. The molecule has 0 atom stereocenters. The zero-order chi connectivity index (χ0) is 20.6. The van der Waals surface area contributed by atoms with E-state index in [1.807, 2.05) is 41.8 Å². The molecule has 0 saturated carbocycles. The second-order valence-corrected chi connectivity index (χ2v) is 6.84. The number of ether oxygens (including phenoxy) is 1. The van der Waals surface area contributed by atoms with E-state index in [2.05, 4.69) is 20.7 Å². The summed E-state index contributed by atoms with van der Waals surface area (Å²) in [6.45, 7) is 2.69. The SMILES string of the molecule is CCn1c(SCC(=O)N/N=C\c2cccc(OC)c2O)nnc1-c1ccccc1. The Balaban J connectivity index is 1.59. The van der Waals surface area contributed by atoms with E-state index in [0.717, 1.165) is 11.4 Å². The van der Waals surface area contributed by atoms with Gasteiger partial charge in [-0.2, -0.15) is 5.10 Å². The predicted molar refractivity (Wildman–Crippen MR) is 112 cm³/mol. The highest BCUT2D eigenvalue weighted by Crippen LogP contribution is 2.28. The van der Waals surface area contributed by atoms with E-state index in [-0.39, 0.29) is 17.4 Å². The molecular formula is C20H21N5O3S. The number of amides is 1. The first-order valence-corrected chi connectivity index (χ1v) is 9.91. The van der Waals surface area contributed by atoms with Gasteiger partial charge in [0.05, 0.1) is 19.1 Å². The van der Waals surface area contributed by atoms with Gasteiger partial charge in [0, 0.05) is 17.7 Å². The number of phenolic OH excluding ortho intramolecular Hbond substituents is 1. The normalized spacial score (nSPS) is 11.0. The van der Waals surface area contributed by atoms with Crippen LogP contribution in [0.4, 0.5) is 0 Å². The first-order valence-electron chi connectivity index (χ1n) is 8.93. The van der Waals surface area contributed by atoms with E-state index in [1.165, 1.54) is 25.1 Å². The number of para-hydroxylation sites is 1. The highest BCUT2D eigenvalue weighted by molar-refractivity contribution is 7.99. The Bertz CT molecular complexity index is 1000. The van der Waals surface area contributed by atoms with Crippen molar-refractivity contribution in [3.63, 3.8) is 0 Å². The van der Waals surface area contributed by atoms with Gasteiger partial charge in [-0.15, -0.1) is 10.2 Å². The largest absolute Gasteiger partial charge is 0.504 e. The summed E-state index contributed by atoms with van der Waals surface area (Å²) in [5.41, 5.74) is 3.86. The molecule has 0 spiro atoms. The van der Waals surface area contributed by atoms with Crippen molar-refractivity contribution in [2.24, 2.45) is 5.10 Å². The molecule has 150 valence electrons. The second-order valence-electron chi connectivity index (χ2n) is 5.90. The number of methoxy groups -OCH3 is 1. The van der Waals surface area contributed by atoms with Gasteiger partial charge in [-0.3, -0.25) is 4.79 Å². The third-order valence-corrected chi connectivity index (χ3v) is 5.01. The highest BCUT2D eigenvalue weighted by atomic mass is 32.2. The Morgan fingerprint density at radius 3 is 2.76 bits per heavy atom. The Hall–Kier alpha value is -3.33. The van der Waals surface area contributed by atoms with E-state index in [9.17, 15) is 9.90 Å². The number of rotatable bonds is 8. The van der Waals surface area contributed by atoms with Crippen LogP contribution in [-0.2, 0) is 11.3 Å². The molecule has 1 amide bonds. The maximum Gasteiger partial charge on any atom is 0.250 e. The van der Waals surface area contributed by atoms with Crippen LogP contribution in [-0.4, -0.2) is 44.9 Å². The lowest BCUT2D eigenvalue weighted by Gasteiger charge is -2.07. The zero-order valence-electron chi connectivity index (χ0n) is 16.1. The smallest absolute Gasteiger partial charge is 0.250 e. The lowest BCUT2D eigenvalue weighted by molar-refractivity contribution is -0.118. The van der Waals surface area contributed by atoms with Gasteiger partial charge in [0.1, 0.15) is 0 Å². The average molecular weight is 411 g/mol. The van der Waals surface area contributed by atoms with Crippen molar-refractivity contribution in [2.75, 3.05) is 12.9 Å². The molecule has 29 heavy (non-hydrogen) atoms. The van der Waals surface area contributed by atoms with Crippen molar-refractivity contribution in [1.82, 2.24) is 20.2 Å². The first-order chi connectivity index (χ1) is 14.1. The maximum atomic E-state index is 12.1. The van der Waals surface area contributed by atoms with Crippen LogP contribution in [0.25, 0.3) is 11.4 Å². The fraction of sp³-hybridized carbons (Fsp3) is 0.200. The average Bonchev–Trinajstić information content (AvgIpc) is 3.17. The molecule has 3 rings (SSSR count). The van der Waals surface area contributed by atoms with E-state index >= 15 is 0 Å². The van der Waals surface area contributed by atoms with Crippen molar-refractivity contribution >= 4 is 23.9 Å². The standard InChI is InChI=1S/C20H21N5O3S/c1-3-25-19(14-8-5-4-6-9-14)23-24-20(25)29-13-17(26)22-21-12-15-10-7-11-16(28-2)18(15)27/h4-12,27H,3,13H2,1-2H3,(H,22,26)/b21-12-. The van der Waals surface area contributed by atoms with Gasteiger partial charge in [-0.1, -0.05) is 48.2 Å². The molecule has 0 unspecified atom stereocenters. The van der Waals surface area contributed by atoms with Crippen LogP contribution in [0.5, 0.6) is 11.5 Å². The van der Waals surface area contributed by atoms with Crippen molar-refractivity contribution in [3.8, 4) is 22.9 Å². The van der Waals surface area contributed by atoms with Crippen molar-refractivity contribution in [1.29, 1.82) is 0 Å². The topological polar surface area (TPSA) is 102 Å². The van der Waals surface area contributed by atoms with Crippen LogP contribution in [0, 0.1) is 0 Å². The molecule has 1 heterocycles. The molecule has 0 aliphatic rings. The van der Waals surface area contributed by atoms with E-state index < -0.39 is 0 Å². The minimum atomic E-state index is -0.291. The van der Waals surface area contributed by atoms with Crippen molar-refractivity contribution in [2.45, 2.75) is 18.6 Å². The van der Waals surface area contributed by atoms with Gasteiger partial charge in [-0.25, -0.2) is 5.43 Å². The Morgan fingerprint density at radius 2 is 2.03 bits per heavy atom. The quantitative estimate of drug-likeness (QED) is 0.336. The van der Waals surface area contributed by atoms with Crippen molar-refractivity contribution in [3.05, 3.63) is 54.1 Å². The lowest BCUT2D eigenvalue weighted by Crippen LogP contribution is -2.20. The van der Waals surface area contributed by atoms with Gasteiger partial charge >= 0.3 is 0 Å². The summed E-state index contributed by atoms with van der Waals surface area (Å²) in [6, 6.07) is 14.8. The molecule has 0 fully saturated rings. The molecule has 0 radical (unpaired) electrons. The maximum absolute atomic E-state index is 12.1. The number of nitrogens with zero attached hydrogens (tertiary/aromatic N) is 4. The van der Waals surface area contributed by atoms with Gasteiger partial charge in [0.15, 0.2) is 22.5 Å². The molecule has 0 aliphatic heterocycles. The summed E-state index contributed by atoms with van der Waals surface area (Å²) >= 11 is 1.28. The summed E-state index contributed by atoms with van der Waals surface area (Å²) in [6.07, 6.45) is 1.36. The number of aromatic nitrogens is 3. The molecule has 0 aliphatic carbocycles. The Kier molecular flexibility index (Phi) is 6.85. The number of aromatic hydroxyl groups is 1. The molecule has 0 bridgehead atoms. The van der Waals surface area contributed by atoms with Gasteiger partial charge < -0.3 is 14.4 Å². The van der Waals surface area contributed by atoms with Gasteiger partial charge in [0.2, 0.25) is 0 Å². The molecule has 3 aromatic rings. The fourth-order valence-electron chi connectivity index (χ4n) is 2.63. The zero-order valence-corrected chi connectivity index (χ0v) is 16.9. The second kappa shape index (κ2) is 9.74. The van der Waals surface area contributed by atoms with E-state index in [0.29, 0.717) is 23.0 Å². The lowest BCUT2D eigenvalue weighted by atomic mass is 10.2. The van der Waals surface area contributed by atoms with Crippen LogP contribution < -0.4 is 10.2 Å². The number of hydrogen-bond donors (Lipinski definition) is 2. The molecule has 9 heteroatoms. The summed E-state index contributed by atoms with van der Waals surface area (Å²) < 4.78 is 7.00. The van der Waals surface area contributed by atoms with Crippen LogP contribution in [0.3, 0.4) is 0 Å². The first kappa shape index (κ1) is 20.4. The minimum Gasteiger partial charge on any atom is -0.504 e. The number of carbonyl (C=O) groups is 1. The van der Waals surface area contributed by atoms with Crippen LogP contribution in [0.1, 0.15) is 12.5 Å². The molecule has 2 aromatic carbocycles. The molecule has 0 saturated heterocycles. The Labute approximate surface area is 172 Å². The monoisotopic (exact) mass is 411 g/mol. The van der Waals surface area contributed by atoms with Gasteiger partial charge in [0.25, 0.3) is 5.91 Å². The summed E-state index contributed by atoms with van der Waals surface area (Å²) in [7, 11) is 1.47. The van der Waals surface area contributed by atoms with E-state index in [4.69, 9.17) is 4.74 Å². The number of nitrogens with one attached hydrogen (secondary N) is 1. The third-order valence-electron chi connectivity index (χ3n) is 4.04. The number of phenols is 1. The van der Waals surface area contributed by atoms with E-state index in [1.54, 1.807) is 18.2 Å². The number of carbonyl (C=O) groups excluding carboxylic acids is 1. The molecule has 2 N–H and O–H groups in total. The number of hydrogen-bond acceptors (Lipinski definition) is 7. The highest BCUT2D eigenvalue weighted by Gasteiger charge is 2.14. The summed E-state index contributed by atoms with van der Waals surface area (Å²) in [4.78, 5) is 12.1. The molecule has 1 aromatic heterocycles.